The SMILES string of the molecule is C.CN(C)CCN(CC1CCN(C(C)(C)C)CC1)C1CC(OC(C)(C)C)C1.CN(C)C[C@@H]1CN(C(C)(C)C)CCN1CC1CCN(C(C)(C)C)CC1. The van der Waals surface area contributed by atoms with Gasteiger partial charge in [-0.1, -0.05) is 7.43 Å². The highest BCUT2D eigenvalue weighted by molar-refractivity contribution is 4.93. The first-order valence-electron chi connectivity index (χ1n) is 21.1. The van der Waals surface area contributed by atoms with E-state index in [1.165, 1.54) is 111 Å². The summed E-state index contributed by atoms with van der Waals surface area (Å²) in [6, 6.07) is 1.39. The lowest BCUT2D eigenvalue weighted by molar-refractivity contribution is -0.122. The highest BCUT2D eigenvalue weighted by Gasteiger charge is 2.38. The first-order valence-corrected chi connectivity index (χ1v) is 21.1. The van der Waals surface area contributed by atoms with Crippen LogP contribution >= 0.6 is 0 Å². The molecule has 0 unspecified atom stereocenters. The summed E-state index contributed by atoms with van der Waals surface area (Å²) >= 11 is 0. The van der Waals surface area contributed by atoms with Crippen LogP contribution in [0.3, 0.4) is 0 Å². The van der Waals surface area contributed by atoms with Crippen LogP contribution in [0.25, 0.3) is 0 Å². The van der Waals surface area contributed by atoms with E-state index in [9.17, 15) is 0 Å². The lowest BCUT2D eigenvalue weighted by atomic mass is 9.85. The second-order valence-corrected chi connectivity index (χ2v) is 21.5. The summed E-state index contributed by atoms with van der Waals surface area (Å²) in [6.07, 6.45) is 8.33. The number of hydrogen-bond donors (Lipinski definition) is 0. The van der Waals surface area contributed by atoms with E-state index in [2.05, 4.69) is 146 Å². The van der Waals surface area contributed by atoms with Crippen molar-refractivity contribution >= 4 is 0 Å². The predicted molar refractivity (Wildman–Crippen MR) is 228 cm³/mol. The molecule has 0 aromatic carbocycles. The molecular weight excluding hydrogens is 643 g/mol. The number of hydrogen-bond acceptors (Lipinski definition) is 8. The topological polar surface area (TPSA) is 31.9 Å². The third-order valence-corrected chi connectivity index (χ3v) is 12.2. The van der Waals surface area contributed by atoms with E-state index in [0.717, 1.165) is 24.4 Å². The van der Waals surface area contributed by atoms with Crippen LogP contribution in [0.2, 0.25) is 0 Å². The fourth-order valence-corrected chi connectivity index (χ4v) is 8.76. The largest absolute Gasteiger partial charge is 0.373 e. The van der Waals surface area contributed by atoms with Crippen LogP contribution < -0.4 is 0 Å². The Morgan fingerprint density at radius 1 is 0.558 bits per heavy atom. The molecule has 4 aliphatic rings. The van der Waals surface area contributed by atoms with Crippen molar-refractivity contribution in [3.8, 4) is 0 Å². The van der Waals surface area contributed by atoms with Gasteiger partial charge in [0.1, 0.15) is 0 Å². The summed E-state index contributed by atoms with van der Waals surface area (Å²) in [5.74, 6) is 1.74. The van der Waals surface area contributed by atoms with Gasteiger partial charge in [0.25, 0.3) is 0 Å². The number of piperidine rings is 2. The number of piperazine rings is 1. The average Bonchev–Trinajstić information content (AvgIpc) is 2.96. The minimum atomic E-state index is -0.0100. The summed E-state index contributed by atoms with van der Waals surface area (Å²) < 4.78 is 6.18. The minimum Gasteiger partial charge on any atom is -0.373 e. The molecule has 310 valence electrons. The van der Waals surface area contributed by atoms with E-state index in [0.29, 0.717) is 23.2 Å². The molecule has 8 heteroatoms. The van der Waals surface area contributed by atoms with Gasteiger partial charge in [0.2, 0.25) is 0 Å². The zero-order valence-corrected chi connectivity index (χ0v) is 37.2. The highest BCUT2D eigenvalue weighted by atomic mass is 16.5. The molecular formula is C44H93N7O. The molecule has 3 saturated heterocycles. The van der Waals surface area contributed by atoms with Gasteiger partial charge in [0.15, 0.2) is 0 Å². The lowest BCUT2D eigenvalue weighted by Gasteiger charge is -2.49. The molecule has 1 atom stereocenters. The summed E-state index contributed by atoms with van der Waals surface area (Å²) in [5.41, 5.74) is 0.927. The molecule has 0 aromatic heterocycles. The smallest absolute Gasteiger partial charge is 0.0612 e. The van der Waals surface area contributed by atoms with Gasteiger partial charge in [-0.15, -0.1) is 0 Å². The van der Waals surface area contributed by atoms with Crippen molar-refractivity contribution in [1.29, 1.82) is 0 Å². The molecule has 0 amide bonds. The summed E-state index contributed by atoms with van der Waals surface area (Å²) in [5, 5.41) is 0. The molecule has 52 heavy (non-hydrogen) atoms. The van der Waals surface area contributed by atoms with Crippen molar-refractivity contribution in [2.45, 2.75) is 169 Å². The maximum Gasteiger partial charge on any atom is 0.0612 e. The molecule has 1 aliphatic carbocycles. The van der Waals surface area contributed by atoms with Gasteiger partial charge in [0.05, 0.1) is 11.7 Å². The predicted octanol–water partition coefficient (Wildman–Crippen LogP) is 7.19. The van der Waals surface area contributed by atoms with Crippen molar-refractivity contribution in [3.05, 3.63) is 0 Å². The first kappa shape index (κ1) is 47.8. The summed E-state index contributed by atoms with van der Waals surface area (Å²) in [4.78, 5) is 18.3. The van der Waals surface area contributed by atoms with Gasteiger partial charge in [-0.3, -0.25) is 24.5 Å². The summed E-state index contributed by atoms with van der Waals surface area (Å²) in [6.45, 7) is 42.5. The van der Waals surface area contributed by atoms with Crippen molar-refractivity contribution in [2.75, 3.05) is 107 Å². The van der Waals surface area contributed by atoms with Crippen LogP contribution in [0.5, 0.6) is 0 Å². The third-order valence-electron chi connectivity index (χ3n) is 12.2. The van der Waals surface area contributed by atoms with E-state index in [1.54, 1.807) is 0 Å². The van der Waals surface area contributed by atoms with Crippen LogP contribution in [-0.4, -0.2) is 181 Å². The molecule has 3 heterocycles. The third kappa shape index (κ3) is 16.4. The zero-order chi connectivity index (χ0) is 38.4. The average molecular weight is 736 g/mol. The van der Waals surface area contributed by atoms with Crippen LogP contribution in [0.4, 0.5) is 0 Å². The van der Waals surface area contributed by atoms with E-state index in [1.807, 2.05) is 0 Å². The van der Waals surface area contributed by atoms with Crippen molar-refractivity contribution in [2.24, 2.45) is 11.8 Å². The van der Waals surface area contributed by atoms with E-state index < -0.39 is 0 Å². The van der Waals surface area contributed by atoms with Gasteiger partial charge < -0.3 is 14.5 Å². The Kier molecular flexibility index (Phi) is 18.6. The van der Waals surface area contributed by atoms with Crippen LogP contribution in [0.15, 0.2) is 0 Å². The Morgan fingerprint density at radius 3 is 1.46 bits per heavy atom. The normalized spacial score (nSPS) is 26.0. The number of ether oxygens (including phenoxy) is 1. The van der Waals surface area contributed by atoms with Gasteiger partial charge in [-0.05, 0) is 188 Å². The number of likely N-dealkylation sites (tertiary alicyclic amines) is 2. The standard InChI is InChI=1S/C22H45N3O.C21H44N4.CH4/c1-21(2,3)25-11-9-18(10-12-25)17-24(14-13-23(7)8)19-15-20(16-19)26-22(4,5)6;1-20(2,3)24-11-9-18(10-12-24)15-23-13-14-25(21(4,5)6)17-19(23)16-22(7)8;/h18-20H,9-17H2,1-8H3;18-19H,9-17H2,1-8H3;1H4/t;19-;/m.1./s1. The van der Waals surface area contributed by atoms with Crippen LogP contribution in [0, 0.1) is 11.8 Å². The molecule has 0 N–H and O–H groups in total. The fraction of sp³-hybridized carbons (Fsp3) is 1.00. The Hall–Kier alpha value is -0.320. The first-order chi connectivity index (χ1) is 23.4. The molecule has 4 rings (SSSR count). The fourth-order valence-electron chi connectivity index (χ4n) is 8.76. The van der Waals surface area contributed by atoms with Gasteiger partial charge >= 0.3 is 0 Å². The Bertz CT molecular complexity index is 969. The van der Waals surface area contributed by atoms with Crippen molar-refractivity contribution < 1.29 is 4.74 Å². The van der Waals surface area contributed by atoms with Crippen LogP contribution in [-0.2, 0) is 4.74 Å². The van der Waals surface area contributed by atoms with Gasteiger partial charge in [0, 0.05) is 81.1 Å². The molecule has 0 bridgehead atoms. The van der Waals surface area contributed by atoms with E-state index in [4.69, 9.17) is 4.74 Å². The second kappa shape index (κ2) is 20.2. The maximum atomic E-state index is 6.18. The molecule has 0 aromatic rings. The number of likely N-dealkylation sites (N-methyl/N-ethyl adjacent to an activating group) is 2. The summed E-state index contributed by atoms with van der Waals surface area (Å²) in [7, 11) is 8.81. The monoisotopic (exact) mass is 736 g/mol. The minimum absolute atomic E-state index is 0. The maximum absolute atomic E-state index is 6.18. The number of nitrogens with zero attached hydrogens (tertiary/aromatic N) is 7. The lowest BCUT2D eigenvalue weighted by Crippen LogP contribution is -2.61. The molecule has 1 saturated carbocycles. The van der Waals surface area contributed by atoms with E-state index >= 15 is 0 Å². The molecule has 0 spiro atoms. The Labute approximate surface area is 326 Å². The Morgan fingerprint density at radius 2 is 1.04 bits per heavy atom. The molecule has 3 aliphatic heterocycles. The van der Waals surface area contributed by atoms with Crippen molar-refractivity contribution in [3.63, 3.8) is 0 Å². The zero-order valence-electron chi connectivity index (χ0n) is 37.2. The van der Waals surface area contributed by atoms with Gasteiger partial charge in [-0.2, -0.15) is 0 Å². The number of rotatable bonds is 11. The quantitative estimate of drug-likeness (QED) is 0.221. The second-order valence-electron chi connectivity index (χ2n) is 21.5. The molecule has 0 radical (unpaired) electrons. The van der Waals surface area contributed by atoms with E-state index in [-0.39, 0.29) is 18.6 Å². The van der Waals surface area contributed by atoms with Crippen LogP contribution in [0.1, 0.15) is 129 Å². The molecule has 8 nitrogen and oxygen atoms in total. The molecule has 4 fully saturated rings. The van der Waals surface area contributed by atoms with Gasteiger partial charge in [-0.25, -0.2) is 0 Å². The van der Waals surface area contributed by atoms with Crippen molar-refractivity contribution in [1.82, 2.24) is 34.3 Å². The highest BCUT2D eigenvalue weighted by Crippen LogP contribution is 2.33. The Balaban J connectivity index is 0.000000354.